The number of amides is 1. The summed E-state index contributed by atoms with van der Waals surface area (Å²) in [7, 11) is 0. The molecule has 1 aliphatic heterocycles. The molecule has 1 amide bonds. The van der Waals surface area contributed by atoms with Crippen molar-refractivity contribution < 1.29 is 27.9 Å². The van der Waals surface area contributed by atoms with Crippen LogP contribution in [0.4, 0.5) is 13.2 Å². The number of carboxylic acids is 1. The zero-order valence-corrected chi connectivity index (χ0v) is 8.62. The molecular formula is C9H9F3N2O3. The smallest absolute Gasteiger partial charge is 0.471 e. The topological polar surface area (TPSA) is 81.4 Å². The lowest BCUT2D eigenvalue weighted by Crippen LogP contribution is -2.60. The maximum atomic E-state index is 12.0. The van der Waals surface area contributed by atoms with Gasteiger partial charge in [-0.25, -0.2) is 0 Å². The lowest BCUT2D eigenvalue weighted by atomic mass is 9.77. The van der Waals surface area contributed by atoms with E-state index < -0.39 is 23.5 Å². The molecule has 17 heavy (non-hydrogen) atoms. The van der Waals surface area contributed by atoms with Crippen LogP contribution >= 0.6 is 0 Å². The van der Waals surface area contributed by atoms with Gasteiger partial charge in [0, 0.05) is 19.5 Å². The number of nitriles is 1. The van der Waals surface area contributed by atoms with Gasteiger partial charge in [0.2, 0.25) is 0 Å². The Morgan fingerprint density at radius 2 is 1.94 bits per heavy atom. The van der Waals surface area contributed by atoms with E-state index in [-0.39, 0.29) is 25.9 Å². The standard InChI is InChI=1S/C9H9F3N2O3/c10-9(11,12)7(17)14-4-8(3-13,5-14)2-1-6(15)16/h1-2,4-5H2,(H,15,16). The molecule has 0 aliphatic carbocycles. The highest BCUT2D eigenvalue weighted by Crippen LogP contribution is 2.36. The van der Waals surface area contributed by atoms with Crippen LogP contribution in [0.25, 0.3) is 0 Å². The second-order valence-corrected chi connectivity index (χ2v) is 3.94. The van der Waals surface area contributed by atoms with Gasteiger partial charge in [0.1, 0.15) is 0 Å². The van der Waals surface area contributed by atoms with Crippen LogP contribution < -0.4 is 0 Å². The molecule has 1 N–H and O–H groups in total. The number of alkyl halides is 3. The third-order valence-electron chi connectivity index (χ3n) is 2.57. The Bertz CT molecular complexity index is 380. The van der Waals surface area contributed by atoms with E-state index in [0.29, 0.717) is 4.90 Å². The molecule has 1 heterocycles. The summed E-state index contributed by atoms with van der Waals surface area (Å²) in [4.78, 5) is 21.6. The summed E-state index contributed by atoms with van der Waals surface area (Å²) >= 11 is 0. The largest absolute Gasteiger partial charge is 0.481 e. The molecule has 0 aromatic carbocycles. The van der Waals surface area contributed by atoms with E-state index in [1.54, 1.807) is 6.07 Å². The van der Waals surface area contributed by atoms with E-state index in [0.717, 1.165) is 0 Å². The predicted octanol–water partition coefficient (Wildman–Crippen LogP) is 0.766. The second kappa shape index (κ2) is 4.24. The normalized spacial score (nSPS) is 18.1. The summed E-state index contributed by atoms with van der Waals surface area (Å²) < 4.78 is 36.1. The molecule has 1 fully saturated rings. The molecule has 5 nitrogen and oxygen atoms in total. The van der Waals surface area contributed by atoms with Crippen LogP contribution in [-0.4, -0.2) is 41.1 Å². The van der Waals surface area contributed by atoms with Crippen LogP contribution in [0.2, 0.25) is 0 Å². The van der Waals surface area contributed by atoms with Crippen LogP contribution in [0.3, 0.4) is 0 Å². The molecule has 0 bridgehead atoms. The van der Waals surface area contributed by atoms with Crippen molar-refractivity contribution in [1.29, 1.82) is 5.26 Å². The molecular weight excluding hydrogens is 241 g/mol. The summed E-state index contributed by atoms with van der Waals surface area (Å²) in [6.07, 6.45) is -5.31. The van der Waals surface area contributed by atoms with Crippen LogP contribution in [0, 0.1) is 16.7 Å². The number of halogens is 3. The molecule has 8 heteroatoms. The number of nitrogens with zero attached hydrogens (tertiary/aromatic N) is 2. The van der Waals surface area contributed by atoms with Gasteiger partial charge in [0.25, 0.3) is 0 Å². The molecule has 0 unspecified atom stereocenters. The van der Waals surface area contributed by atoms with Gasteiger partial charge in [0.15, 0.2) is 0 Å². The van der Waals surface area contributed by atoms with Crippen molar-refractivity contribution >= 4 is 11.9 Å². The van der Waals surface area contributed by atoms with Crippen molar-refractivity contribution in [2.45, 2.75) is 19.0 Å². The van der Waals surface area contributed by atoms with Gasteiger partial charge in [-0.3, -0.25) is 9.59 Å². The minimum Gasteiger partial charge on any atom is -0.481 e. The van der Waals surface area contributed by atoms with Crippen LogP contribution in [0.5, 0.6) is 0 Å². The van der Waals surface area contributed by atoms with Gasteiger partial charge in [-0.2, -0.15) is 18.4 Å². The van der Waals surface area contributed by atoms with Crippen molar-refractivity contribution in [3.8, 4) is 6.07 Å². The lowest BCUT2D eigenvalue weighted by Gasteiger charge is -2.45. The first-order valence-electron chi connectivity index (χ1n) is 4.69. The molecule has 0 atom stereocenters. The molecule has 1 saturated heterocycles. The van der Waals surface area contributed by atoms with E-state index >= 15 is 0 Å². The first-order chi connectivity index (χ1) is 7.70. The van der Waals surface area contributed by atoms with Crippen molar-refractivity contribution in [2.75, 3.05) is 13.1 Å². The number of carbonyl (C=O) groups is 2. The van der Waals surface area contributed by atoms with Crippen molar-refractivity contribution in [1.82, 2.24) is 4.90 Å². The molecule has 0 saturated carbocycles. The van der Waals surface area contributed by atoms with Crippen molar-refractivity contribution in [2.24, 2.45) is 5.41 Å². The van der Waals surface area contributed by atoms with Crippen LogP contribution in [0.1, 0.15) is 12.8 Å². The van der Waals surface area contributed by atoms with Crippen LogP contribution in [-0.2, 0) is 9.59 Å². The van der Waals surface area contributed by atoms with E-state index in [1.807, 2.05) is 0 Å². The first kappa shape index (κ1) is 13.3. The van der Waals surface area contributed by atoms with E-state index in [2.05, 4.69) is 0 Å². The molecule has 1 aliphatic rings. The van der Waals surface area contributed by atoms with Crippen molar-refractivity contribution in [3.63, 3.8) is 0 Å². The Hall–Kier alpha value is -1.78. The monoisotopic (exact) mass is 250 g/mol. The van der Waals surface area contributed by atoms with Gasteiger partial charge in [-0.1, -0.05) is 0 Å². The zero-order valence-electron chi connectivity index (χ0n) is 8.62. The Kier molecular flexibility index (Phi) is 3.31. The summed E-state index contributed by atoms with van der Waals surface area (Å²) in [6.45, 7) is -0.732. The Morgan fingerprint density at radius 1 is 1.41 bits per heavy atom. The summed E-state index contributed by atoms with van der Waals surface area (Å²) in [5.41, 5.74) is -1.15. The SMILES string of the molecule is N#CC1(CCC(=O)O)CN(C(=O)C(F)(F)F)C1. The number of hydrogen-bond acceptors (Lipinski definition) is 3. The highest BCUT2D eigenvalue weighted by Gasteiger charge is 2.52. The average molecular weight is 250 g/mol. The number of aliphatic carboxylic acids is 1. The van der Waals surface area contributed by atoms with E-state index in [4.69, 9.17) is 10.4 Å². The summed E-state index contributed by atoms with van der Waals surface area (Å²) in [5.74, 6) is -3.11. The first-order valence-corrected chi connectivity index (χ1v) is 4.69. The third-order valence-corrected chi connectivity index (χ3v) is 2.57. The third kappa shape index (κ3) is 2.87. The lowest BCUT2D eigenvalue weighted by molar-refractivity contribution is -0.194. The van der Waals surface area contributed by atoms with Gasteiger partial charge in [0.05, 0.1) is 11.5 Å². The predicted molar refractivity (Wildman–Crippen MR) is 47.6 cm³/mol. The second-order valence-electron chi connectivity index (χ2n) is 3.94. The highest BCUT2D eigenvalue weighted by atomic mass is 19.4. The molecule has 94 valence electrons. The fraction of sp³-hybridized carbons (Fsp3) is 0.667. The molecule has 0 aromatic heterocycles. The summed E-state index contributed by atoms with van der Waals surface area (Å²) in [5, 5.41) is 17.2. The molecule has 0 spiro atoms. The van der Waals surface area contributed by atoms with Crippen molar-refractivity contribution in [3.05, 3.63) is 0 Å². The fourth-order valence-electron chi connectivity index (χ4n) is 1.64. The minimum atomic E-state index is -4.95. The number of rotatable bonds is 3. The van der Waals surface area contributed by atoms with Crippen LogP contribution in [0.15, 0.2) is 0 Å². The van der Waals surface area contributed by atoms with Gasteiger partial charge >= 0.3 is 18.1 Å². The Balaban J connectivity index is 2.56. The fourth-order valence-corrected chi connectivity index (χ4v) is 1.64. The number of hydrogen-bond donors (Lipinski definition) is 1. The summed E-state index contributed by atoms with van der Waals surface area (Å²) in [6, 6.07) is 1.78. The number of carbonyl (C=O) groups excluding carboxylic acids is 1. The van der Waals surface area contributed by atoms with Gasteiger partial charge < -0.3 is 10.0 Å². The van der Waals surface area contributed by atoms with Gasteiger partial charge in [-0.05, 0) is 6.42 Å². The zero-order chi connectivity index (χ0) is 13.3. The van der Waals surface area contributed by atoms with E-state index in [9.17, 15) is 22.8 Å². The Labute approximate surface area is 94.4 Å². The number of likely N-dealkylation sites (tertiary alicyclic amines) is 1. The quantitative estimate of drug-likeness (QED) is 0.801. The molecule has 0 aromatic rings. The molecule has 0 radical (unpaired) electrons. The maximum Gasteiger partial charge on any atom is 0.471 e. The highest BCUT2D eigenvalue weighted by molar-refractivity contribution is 5.83. The number of carboxylic acid groups (broad SMARTS) is 1. The molecule has 1 rings (SSSR count). The van der Waals surface area contributed by atoms with E-state index in [1.165, 1.54) is 0 Å². The average Bonchev–Trinajstić information content (AvgIpc) is 2.14. The maximum absolute atomic E-state index is 12.0. The Morgan fingerprint density at radius 3 is 2.29 bits per heavy atom. The minimum absolute atomic E-state index is 0.0551. The van der Waals surface area contributed by atoms with Gasteiger partial charge in [-0.15, -0.1) is 0 Å².